The van der Waals surface area contributed by atoms with Crippen LogP contribution < -0.4 is 5.48 Å². The number of sulfone groups is 1. The highest BCUT2D eigenvalue weighted by atomic mass is 35.5. The number of hydroxylamine groups is 1. The van der Waals surface area contributed by atoms with Crippen LogP contribution in [0.15, 0.2) is 66.7 Å². The van der Waals surface area contributed by atoms with Crippen molar-refractivity contribution in [1.82, 2.24) is 10.4 Å². The van der Waals surface area contributed by atoms with Gasteiger partial charge in [0, 0.05) is 46.5 Å². The van der Waals surface area contributed by atoms with E-state index in [0.29, 0.717) is 28.5 Å². The molecule has 5 rings (SSSR count). The van der Waals surface area contributed by atoms with Crippen LogP contribution in [0.25, 0.3) is 10.4 Å². The number of hydrogen-bond acceptors (Lipinski definition) is 7. The van der Waals surface area contributed by atoms with Crippen molar-refractivity contribution in [3.05, 3.63) is 82.2 Å². The number of halogens is 1. The van der Waals surface area contributed by atoms with E-state index in [-0.39, 0.29) is 37.6 Å². The number of nitrogens with one attached hydrogen (secondary N) is 1. The molecule has 2 atom stereocenters. The molecular formula is C29H31ClN2O6S2. The summed E-state index contributed by atoms with van der Waals surface area (Å²) in [5, 5.41) is 0.602. The number of amides is 2. The molecule has 0 radical (unpaired) electrons. The fraction of sp³-hybridized carbons (Fsp3) is 0.379. The van der Waals surface area contributed by atoms with Crippen molar-refractivity contribution in [2.75, 3.05) is 25.4 Å². The zero-order valence-electron chi connectivity index (χ0n) is 21.9. The predicted molar refractivity (Wildman–Crippen MR) is 155 cm³/mol. The van der Waals surface area contributed by atoms with E-state index in [2.05, 4.69) is 5.48 Å². The molecule has 0 bridgehead atoms. The second-order valence-electron chi connectivity index (χ2n) is 10.0. The molecule has 40 heavy (non-hydrogen) atoms. The van der Waals surface area contributed by atoms with E-state index >= 15 is 0 Å². The van der Waals surface area contributed by atoms with E-state index in [9.17, 15) is 18.0 Å². The third kappa shape index (κ3) is 6.26. The van der Waals surface area contributed by atoms with Crippen molar-refractivity contribution in [3.8, 4) is 10.4 Å². The Morgan fingerprint density at radius 2 is 1.82 bits per heavy atom. The van der Waals surface area contributed by atoms with E-state index in [4.69, 9.17) is 21.2 Å². The Balaban J connectivity index is 1.45. The highest BCUT2D eigenvalue weighted by molar-refractivity contribution is 7.92. The van der Waals surface area contributed by atoms with E-state index in [1.807, 2.05) is 24.3 Å². The molecule has 2 fully saturated rings. The molecule has 2 unspecified atom stereocenters. The fourth-order valence-electron chi connectivity index (χ4n) is 5.12. The van der Waals surface area contributed by atoms with E-state index in [0.717, 1.165) is 23.3 Å². The topological polar surface area (TPSA) is 102 Å². The smallest absolute Gasteiger partial charge is 0.253 e. The molecule has 2 amide bonds. The molecule has 3 heterocycles. The summed E-state index contributed by atoms with van der Waals surface area (Å²) in [7, 11) is -3.89. The first-order valence-electron chi connectivity index (χ1n) is 13.3. The number of ether oxygens (including phenoxy) is 1. The number of benzene rings is 2. The third-order valence-corrected chi connectivity index (χ3v) is 11.6. The summed E-state index contributed by atoms with van der Waals surface area (Å²) >= 11 is 7.39. The van der Waals surface area contributed by atoms with Crippen molar-refractivity contribution >= 4 is 44.6 Å². The van der Waals surface area contributed by atoms with Crippen LogP contribution in [0.3, 0.4) is 0 Å². The Bertz CT molecular complexity index is 1440. The van der Waals surface area contributed by atoms with Gasteiger partial charge in [0.05, 0.1) is 12.2 Å². The molecule has 2 aliphatic rings. The minimum absolute atomic E-state index is 0.0429. The summed E-state index contributed by atoms with van der Waals surface area (Å²) < 4.78 is 32.1. The standard InChI is InChI=1S/C29H31ClN2O6S2/c30-23-11-9-21(10-12-23)24-13-14-25(39-24)29(20-26(33)31-38-27-8-4-5-18-37-27)15-16-32(17-19-40(29,35)36)28(34)22-6-2-1-3-7-22/h1-3,6-7,9-14,27H,4-5,8,15-20H2,(H,31,33). The van der Waals surface area contributed by atoms with Crippen LogP contribution in [0, 0.1) is 0 Å². The Hall–Kier alpha value is -2.76. The van der Waals surface area contributed by atoms with Crippen LogP contribution in [0.5, 0.6) is 0 Å². The number of thiophene rings is 1. The van der Waals surface area contributed by atoms with Crippen LogP contribution >= 0.6 is 22.9 Å². The second-order valence-corrected chi connectivity index (χ2v) is 13.9. The lowest BCUT2D eigenvalue weighted by molar-refractivity contribution is -0.200. The highest BCUT2D eigenvalue weighted by Gasteiger charge is 2.50. The average Bonchev–Trinajstić information content (AvgIpc) is 3.42. The quantitative estimate of drug-likeness (QED) is 0.374. The molecule has 0 saturated carbocycles. The largest absolute Gasteiger partial charge is 0.350 e. The summed E-state index contributed by atoms with van der Waals surface area (Å²) in [6.45, 7) is 0.773. The van der Waals surface area contributed by atoms with Crippen molar-refractivity contribution in [2.45, 2.75) is 43.1 Å². The number of hydrogen-bond donors (Lipinski definition) is 1. The lowest BCUT2D eigenvalue weighted by Crippen LogP contribution is -2.43. The number of carbonyl (C=O) groups excluding carboxylic acids is 2. The lowest BCUT2D eigenvalue weighted by Gasteiger charge is -2.31. The molecule has 2 saturated heterocycles. The first kappa shape index (κ1) is 28.8. The SMILES string of the molecule is O=C(CC1(c2ccc(-c3ccc(Cl)cc3)s2)CCN(C(=O)c2ccccc2)CCS1(=O)=O)NOC1CCCCO1. The number of rotatable bonds is 7. The Kier molecular flexibility index (Phi) is 8.92. The average molecular weight is 603 g/mol. The van der Waals surface area contributed by atoms with Gasteiger partial charge in [0.25, 0.3) is 5.91 Å². The molecule has 2 aliphatic heterocycles. The Morgan fingerprint density at radius 3 is 2.55 bits per heavy atom. The maximum atomic E-state index is 14.1. The Morgan fingerprint density at radius 1 is 1.05 bits per heavy atom. The summed E-state index contributed by atoms with van der Waals surface area (Å²) in [6.07, 6.45) is 1.68. The first-order valence-corrected chi connectivity index (χ1v) is 16.1. The van der Waals surface area contributed by atoms with Crippen LogP contribution in [-0.4, -0.2) is 56.9 Å². The van der Waals surface area contributed by atoms with Gasteiger partial charge in [-0.3, -0.25) is 9.59 Å². The second kappa shape index (κ2) is 12.4. The monoisotopic (exact) mass is 602 g/mol. The number of nitrogens with zero attached hydrogens (tertiary/aromatic N) is 1. The minimum atomic E-state index is -3.89. The molecule has 1 N–H and O–H groups in total. The Labute approximate surface area is 243 Å². The highest BCUT2D eigenvalue weighted by Crippen LogP contribution is 2.45. The molecule has 11 heteroatoms. The van der Waals surface area contributed by atoms with Gasteiger partial charge in [-0.1, -0.05) is 41.9 Å². The van der Waals surface area contributed by atoms with Gasteiger partial charge in [-0.15, -0.1) is 11.3 Å². The summed E-state index contributed by atoms with van der Waals surface area (Å²) in [6, 6.07) is 19.7. The zero-order valence-corrected chi connectivity index (χ0v) is 24.3. The molecular weight excluding hydrogens is 572 g/mol. The normalized spacial score (nSPS) is 22.8. The maximum Gasteiger partial charge on any atom is 0.253 e. The molecule has 0 aliphatic carbocycles. The van der Waals surface area contributed by atoms with Gasteiger partial charge in [0.15, 0.2) is 16.1 Å². The van der Waals surface area contributed by atoms with Gasteiger partial charge in [-0.05, 0) is 61.2 Å². The molecule has 8 nitrogen and oxygen atoms in total. The van der Waals surface area contributed by atoms with Gasteiger partial charge in [0.2, 0.25) is 5.91 Å². The van der Waals surface area contributed by atoms with Crippen LogP contribution in [0.1, 0.15) is 47.3 Å². The van der Waals surface area contributed by atoms with E-state index in [1.54, 1.807) is 47.4 Å². The van der Waals surface area contributed by atoms with Gasteiger partial charge in [0.1, 0.15) is 4.75 Å². The molecule has 0 spiro atoms. The number of carbonyl (C=O) groups is 2. The van der Waals surface area contributed by atoms with Crippen molar-refractivity contribution < 1.29 is 27.6 Å². The summed E-state index contributed by atoms with van der Waals surface area (Å²) in [5.41, 5.74) is 3.82. The molecule has 1 aromatic heterocycles. The van der Waals surface area contributed by atoms with Gasteiger partial charge in [-0.2, -0.15) is 0 Å². The van der Waals surface area contributed by atoms with Gasteiger partial charge < -0.3 is 9.64 Å². The zero-order chi connectivity index (χ0) is 28.2. The lowest BCUT2D eigenvalue weighted by atomic mass is 9.97. The van der Waals surface area contributed by atoms with Crippen molar-refractivity contribution in [3.63, 3.8) is 0 Å². The van der Waals surface area contributed by atoms with E-state index in [1.165, 1.54) is 11.3 Å². The molecule has 212 valence electrons. The van der Waals surface area contributed by atoms with Crippen molar-refractivity contribution in [1.29, 1.82) is 0 Å². The molecule has 3 aromatic rings. The third-order valence-electron chi connectivity index (χ3n) is 7.39. The van der Waals surface area contributed by atoms with Gasteiger partial charge >= 0.3 is 0 Å². The predicted octanol–water partition coefficient (Wildman–Crippen LogP) is 5.19. The van der Waals surface area contributed by atoms with Crippen LogP contribution in [0.4, 0.5) is 0 Å². The van der Waals surface area contributed by atoms with Crippen LogP contribution in [-0.2, 0) is 29.0 Å². The first-order chi connectivity index (χ1) is 19.3. The van der Waals surface area contributed by atoms with Gasteiger partial charge in [-0.25, -0.2) is 18.7 Å². The minimum Gasteiger partial charge on any atom is -0.350 e. The summed E-state index contributed by atoms with van der Waals surface area (Å²) in [5.74, 6) is -1.05. The molecule has 2 aromatic carbocycles. The maximum absolute atomic E-state index is 14.1. The van der Waals surface area contributed by atoms with Crippen LogP contribution in [0.2, 0.25) is 5.02 Å². The summed E-state index contributed by atoms with van der Waals surface area (Å²) in [4.78, 5) is 34.9. The fourth-order valence-corrected chi connectivity index (χ4v) is 8.85. The van der Waals surface area contributed by atoms with E-state index < -0.39 is 26.8 Å². The van der Waals surface area contributed by atoms with Crippen molar-refractivity contribution in [2.24, 2.45) is 0 Å².